The molecule has 0 fully saturated rings. The number of benzene rings is 1. The van der Waals surface area contributed by atoms with Crippen molar-refractivity contribution in [3.8, 4) is 0 Å². The maximum absolute atomic E-state index is 12.1. The summed E-state index contributed by atoms with van der Waals surface area (Å²) in [5, 5.41) is 6.99. The fraction of sp³-hybridized carbons (Fsp3) is 0.267. The molecule has 24 heavy (non-hydrogen) atoms. The number of sulfonamides is 1. The van der Waals surface area contributed by atoms with E-state index in [4.69, 9.17) is 11.6 Å². The average Bonchev–Trinajstić information content (AvgIpc) is 3.08. The normalized spacial score (nSPS) is 11.4. The first kappa shape index (κ1) is 19.3. The predicted molar refractivity (Wildman–Crippen MR) is 101 cm³/mol. The summed E-state index contributed by atoms with van der Waals surface area (Å²) in [7, 11) is -2.41. The van der Waals surface area contributed by atoms with Gasteiger partial charge in [0.05, 0.1) is 5.02 Å². The standard InChI is InChI=1S/C15H17ClN2O3S3/c1-17-24(20,21)14-8-12(2-3-13(14)16)15(19)18-5-7-23-10-11-4-6-22-9-11/h2-4,6,8-9,17H,5,7,10H2,1H3,(H,18,19). The van der Waals surface area contributed by atoms with Crippen LogP contribution in [0.5, 0.6) is 0 Å². The van der Waals surface area contributed by atoms with Crippen LogP contribution in [0.3, 0.4) is 0 Å². The summed E-state index contributed by atoms with van der Waals surface area (Å²) >= 11 is 9.30. The zero-order valence-corrected chi connectivity index (χ0v) is 16.1. The molecule has 9 heteroatoms. The van der Waals surface area contributed by atoms with Gasteiger partial charge in [-0.15, -0.1) is 0 Å². The number of nitrogens with one attached hydrogen (secondary N) is 2. The number of thiophene rings is 1. The third-order valence-corrected chi connectivity index (χ3v) is 6.79. The molecule has 2 aromatic rings. The number of amides is 1. The Labute approximate surface area is 154 Å². The van der Waals surface area contributed by atoms with E-state index in [0.717, 1.165) is 11.5 Å². The zero-order chi connectivity index (χ0) is 17.6. The summed E-state index contributed by atoms with van der Waals surface area (Å²) in [6.45, 7) is 0.504. The molecule has 0 radical (unpaired) electrons. The van der Waals surface area contributed by atoms with Crippen LogP contribution in [0.2, 0.25) is 5.02 Å². The van der Waals surface area contributed by atoms with Gasteiger partial charge in [0.15, 0.2) is 0 Å². The van der Waals surface area contributed by atoms with Crippen molar-refractivity contribution < 1.29 is 13.2 Å². The second-order valence-corrected chi connectivity index (χ2v) is 8.94. The van der Waals surface area contributed by atoms with Crippen LogP contribution in [0.15, 0.2) is 39.9 Å². The number of carbonyl (C=O) groups is 1. The largest absolute Gasteiger partial charge is 0.351 e. The summed E-state index contributed by atoms with van der Waals surface area (Å²) in [5.74, 6) is 1.36. The third-order valence-electron chi connectivity index (χ3n) is 3.13. The summed E-state index contributed by atoms with van der Waals surface area (Å²) in [6, 6.07) is 6.27. The Morgan fingerprint density at radius 2 is 2.12 bits per heavy atom. The van der Waals surface area contributed by atoms with Crippen molar-refractivity contribution in [2.24, 2.45) is 0 Å². The topological polar surface area (TPSA) is 75.3 Å². The minimum Gasteiger partial charge on any atom is -0.351 e. The van der Waals surface area contributed by atoms with E-state index >= 15 is 0 Å². The summed E-state index contributed by atoms with van der Waals surface area (Å²) in [4.78, 5) is 12.0. The fourth-order valence-electron chi connectivity index (χ4n) is 1.86. The van der Waals surface area contributed by atoms with E-state index in [9.17, 15) is 13.2 Å². The molecule has 0 atom stereocenters. The first-order valence-corrected chi connectivity index (χ1v) is 11.0. The van der Waals surface area contributed by atoms with Crippen molar-refractivity contribution in [2.45, 2.75) is 10.6 Å². The molecule has 1 amide bonds. The van der Waals surface area contributed by atoms with E-state index in [1.165, 1.54) is 30.8 Å². The van der Waals surface area contributed by atoms with E-state index in [2.05, 4.69) is 21.5 Å². The van der Waals surface area contributed by atoms with Crippen molar-refractivity contribution in [3.05, 3.63) is 51.2 Å². The summed E-state index contributed by atoms with van der Waals surface area (Å²) in [5.41, 5.74) is 1.53. The third kappa shape index (κ3) is 5.22. The van der Waals surface area contributed by atoms with Crippen molar-refractivity contribution in [1.29, 1.82) is 0 Å². The van der Waals surface area contributed by atoms with Crippen LogP contribution in [0.4, 0.5) is 0 Å². The van der Waals surface area contributed by atoms with Crippen LogP contribution in [0.25, 0.3) is 0 Å². The first-order chi connectivity index (χ1) is 11.4. The van der Waals surface area contributed by atoms with Gasteiger partial charge in [-0.25, -0.2) is 13.1 Å². The Morgan fingerprint density at radius 1 is 1.33 bits per heavy atom. The smallest absolute Gasteiger partial charge is 0.251 e. The van der Waals surface area contributed by atoms with Crippen molar-refractivity contribution in [3.63, 3.8) is 0 Å². The van der Waals surface area contributed by atoms with Gasteiger partial charge in [-0.1, -0.05) is 11.6 Å². The molecular weight excluding hydrogens is 388 g/mol. The minimum absolute atomic E-state index is 0.0761. The van der Waals surface area contributed by atoms with Gasteiger partial charge in [-0.2, -0.15) is 23.1 Å². The number of hydrogen-bond acceptors (Lipinski definition) is 5. The molecule has 0 spiro atoms. The number of hydrogen-bond donors (Lipinski definition) is 2. The molecular formula is C15H17ClN2O3S3. The van der Waals surface area contributed by atoms with Crippen LogP contribution < -0.4 is 10.0 Å². The van der Waals surface area contributed by atoms with Gasteiger partial charge in [-0.3, -0.25) is 4.79 Å². The molecule has 2 rings (SSSR count). The maximum atomic E-state index is 12.1. The van der Waals surface area contributed by atoms with Gasteiger partial charge >= 0.3 is 0 Å². The molecule has 130 valence electrons. The zero-order valence-electron chi connectivity index (χ0n) is 12.9. The summed E-state index contributed by atoms with van der Waals surface area (Å²) in [6.07, 6.45) is 0. The molecule has 0 bridgehead atoms. The Hall–Kier alpha value is -1.06. The summed E-state index contributed by atoms with van der Waals surface area (Å²) < 4.78 is 25.9. The molecule has 0 aliphatic rings. The highest BCUT2D eigenvalue weighted by Crippen LogP contribution is 2.22. The van der Waals surface area contributed by atoms with Crippen molar-refractivity contribution >= 4 is 50.6 Å². The Kier molecular flexibility index (Phi) is 7.12. The van der Waals surface area contributed by atoms with E-state index in [1.54, 1.807) is 23.1 Å². The molecule has 5 nitrogen and oxygen atoms in total. The molecule has 0 saturated carbocycles. The van der Waals surface area contributed by atoms with Gasteiger partial charge in [-0.05, 0) is 47.6 Å². The number of carbonyl (C=O) groups excluding carboxylic acids is 1. The van der Waals surface area contributed by atoms with E-state index in [0.29, 0.717) is 6.54 Å². The van der Waals surface area contributed by atoms with Gasteiger partial charge in [0, 0.05) is 23.6 Å². The number of rotatable bonds is 8. The van der Waals surface area contributed by atoms with Crippen molar-refractivity contribution in [1.82, 2.24) is 10.0 Å². The second kappa shape index (κ2) is 8.87. The van der Waals surface area contributed by atoms with Crippen LogP contribution in [-0.4, -0.2) is 33.7 Å². The monoisotopic (exact) mass is 404 g/mol. The predicted octanol–water partition coefficient (Wildman–Crippen LogP) is 2.97. The minimum atomic E-state index is -3.70. The average molecular weight is 405 g/mol. The van der Waals surface area contributed by atoms with Gasteiger partial charge in [0.25, 0.3) is 5.91 Å². The molecule has 0 aliphatic carbocycles. The Balaban J connectivity index is 1.89. The van der Waals surface area contributed by atoms with Gasteiger partial charge in [0.2, 0.25) is 10.0 Å². The van der Waals surface area contributed by atoms with Crippen LogP contribution >= 0.6 is 34.7 Å². The highest BCUT2D eigenvalue weighted by atomic mass is 35.5. The van der Waals surface area contributed by atoms with E-state index in [-0.39, 0.29) is 21.4 Å². The molecule has 1 aromatic heterocycles. The lowest BCUT2D eigenvalue weighted by atomic mass is 10.2. The lowest BCUT2D eigenvalue weighted by Crippen LogP contribution is -2.26. The number of halogens is 1. The highest BCUT2D eigenvalue weighted by molar-refractivity contribution is 7.98. The van der Waals surface area contributed by atoms with E-state index < -0.39 is 10.0 Å². The lowest BCUT2D eigenvalue weighted by Gasteiger charge is -2.09. The molecule has 0 unspecified atom stereocenters. The van der Waals surface area contributed by atoms with Gasteiger partial charge in [0.1, 0.15) is 4.90 Å². The highest BCUT2D eigenvalue weighted by Gasteiger charge is 2.18. The van der Waals surface area contributed by atoms with Crippen LogP contribution in [0, 0.1) is 0 Å². The first-order valence-electron chi connectivity index (χ1n) is 7.04. The van der Waals surface area contributed by atoms with Crippen molar-refractivity contribution in [2.75, 3.05) is 19.3 Å². The van der Waals surface area contributed by atoms with Crippen LogP contribution in [0.1, 0.15) is 15.9 Å². The van der Waals surface area contributed by atoms with E-state index in [1.807, 2.05) is 5.38 Å². The lowest BCUT2D eigenvalue weighted by molar-refractivity contribution is 0.0956. The molecule has 0 saturated heterocycles. The molecule has 0 aliphatic heterocycles. The quantitative estimate of drug-likeness (QED) is 0.663. The molecule has 1 aromatic carbocycles. The van der Waals surface area contributed by atoms with Crippen LogP contribution in [-0.2, 0) is 15.8 Å². The molecule has 1 heterocycles. The Morgan fingerprint density at radius 3 is 2.79 bits per heavy atom. The Bertz CT molecular complexity index is 792. The fourth-order valence-corrected chi connectivity index (χ4v) is 4.69. The second-order valence-electron chi connectivity index (χ2n) is 4.79. The SMILES string of the molecule is CNS(=O)(=O)c1cc(C(=O)NCCSCc2ccsc2)ccc1Cl. The molecule has 2 N–H and O–H groups in total. The van der Waals surface area contributed by atoms with Gasteiger partial charge < -0.3 is 5.32 Å². The number of thioether (sulfide) groups is 1. The maximum Gasteiger partial charge on any atom is 0.251 e.